The number of hydrogen-bond donors (Lipinski definition) is 2. The van der Waals surface area contributed by atoms with Crippen molar-refractivity contribution < 1.29 is 4.74 Å². The van der Waals surface area contributed by atoms with Crippen LogP contribution < -0.4 is 4.74 Å². The van der Waals surface area contributed by atoms with Crippen molar-refractivity contribution in [3.05, 3.63) is 78.6 Å². The monoisotopic (exact) mass is 438 g/mol. The Morgan fingerprint density at radius 2 is 1.70 bits per heavy atom. The van der Waals surface area contributed by atoms with Gasteiger partial charge in [0, 0.05) is 19.7 Å². The first-order chi connectivity index (χ1) is 16.1. The molecule has 0 radical (unpaired) electrons. The molecule has 0 bridgehead atoms. The summed E-state index contributed by atoms with van der Waals surface area (Å²) in [7, 11) is 3.48. The zero-order valence-electron chi connectivity index (χ0n) is 18.2. The highest BCUT2D eigenvalue weighted by molar-refractivity contribution is 5.98. The van der Waals surface area contributed by atoms with Gasteiger partial charge in [0.05, 0.1) is 16.6 Å². The summed E-state index contributed by atoms with van der Waals surface area (Å²) in [6.45, 7) is 0.171. The second-order valence-corrected chi connectivity index (χ2v) is 7.58. The van der Waals surface area contributed by atoms with Crippen molar-refractivity contribution in [2.24, 2.45) is 12.3 Å². The third-order valence-corrected chi connectivity index (χ3v) is 5.62. The van der Waals surface area contributed by atoms with Crippen LogP contribution in [0.2, 0.25) is 0 Å². The molecular formula is C24H22N8O. The molecule has 5 aromatic rings. The van der Waals surface area contributed by atoms with Crippen LogP contribution in [-0.2, 0) is 13.7 Å². The first-order valence-corrected chi connectivity index (χ1v) is 10.4. The van der Waals surface area contributed by atoms with Gasteiger partial charge >= 0.3 is 6.01 Å². The van der Waals surface area contributed by atoms with Gasteiger partial charge in [-0.25, -0.2) is 14.6 Å². The highest BCUT2D eigenvalue weighted by atomic mass is 16.5. The van der Waals surface area contributed by atoms with Gasteiger partial charge in [0.25, 0.3) is 0 Å². The van der Waals surface area contributed by atoms with Crippen molar-refractivity contribution >= 4 is 28.0 Å². The van der Waals surface area contributed by atoms with E-state index < -0.39 is 0 Å². The topological polar surface area (TPSA) is 108 Å². The summed E-state index contributed by atoms with van der Waals surface area (Å²) in [5.41, 5.74) is 12.6. The minimum absolute atomic E-state index is 0.0438. The van der Waals surface area contributed by atoms with Gasteiger partial charge in [0.15, 0.2) is 0 Å². The van der Waals surface area contributed by atoms with Crippen molar-refractivity contribution in [1.29, 1.82) is 10.9 Å². The molecule has 0 fully saturated rings. The molecule has 33 heavy (non-hydrogen) atoms. The summed E-state index contributed by atoms with van der Waals surface area (Å²) in [6.07, 6.45) is 0. The van der Waals surface area contributed by atoms with Crippen molar-refractivity contribution in [3.63, 3.8) is 0 Å². The van der Waals surface area contributed by atoms with E-state index in [4.69, 9.17) is 20.7 Å². The van der Waals surface area contributed by atoms with E-state index >= 15 is 0 Å². The van der Waals surface area contributed by atoms with E-state index in [0.717, 1.165) is 33.0 Å². The molecule has 0 aliphatic heterocycles. The quantitative estimate of drug-likeness (QED) is 0.177. The number of rotatable bonds is 5. The van der Waals surface area contributed by atoms with Gasteiger partial charge in [0.1, 0.15) is 17.9 Å². The predicted molar refractivity (Wildman–Crippen MR) is 126 cm³/mol. The molecule has 3 aromatic carbocycles. The van der Waals surface area contributed by atoms with Crippen LogP contribution in [0.5, 0.6) is 6.01 Å². The van der Waals surface area contributed by atoms with E-state index in [1.165, 1.54) is 7.05 Å². The van der Waals surface area contributed by atoms with Gasteiger partial charge in [-0.15, -0.1) is 0 Å². The van der Waals surface area contributed by atoms with Crippen LogP contribution >= 0.6 is 0 Å². The second kappa shape index (κ2) is 8.19. The highest BCUT2D eigenvalue weighted by Gasteiger charge is 2.21. The summed E-state index contributed by atoms with van der Waals surface area (Å²) in [5, 5.41) is 13.1. The number of hydrogen-bond acceptors (Lipinski definition) is 6. The first-order valence-electron chi connectivity index (χ1n) is 10.4. The lowest BCUT2D eigenvalue weighted by Crippen LogP contribution is -2.27. The highest BCUT2D eigenvalue weighted by Crippen LogP contribution is 2.31. The van der Waals surface area contributed by atoms with Crippen molar-refractivity contribution in [1.82, 2.24) is 24.1 Å². The van der Waals surface area contributed by atoms with Crippen molar-refractivity contribution in [3.8, 4) is 17.1 Å². The lowest BCUT2D eigenvalue weighted by molar-refractivity contribution is 0.265. The van der Waals surface area contributed by atoms with E-state index in [0.29, 0.717) is 11.0 Å². The van der Waals surface area contributed by atoms with E-state index in [2.05, 4.69) is 10.2 Å². The molecular weight excluding hydrogens is 416 g/mol. The largest absolute Gasteiger partial charge is 0.456 e. The second-order valence-electron chi connectivity index (χ2n) is 7.58. The van der Waals surface area contributed by atoms with Gasteiger partial charge in [-0.1, -0.05) is 59.8 Å². The summed E-state index contributed by atoms with van der Waals surface area (Å²) >= 11 is 0. The molecule has 2 heterocycles. The van der Waals surface area contributed by atoms with E-state index in [1.54, 1.807) is 4.57 Å². The number of nitrogens with zero attached hydrogens (tertiary/aromatic N) is 6. The molecule has 0 unspecified atom stereocenters. The Morgan fingerprint density at radius 3 is 2.45 bits per heavy atom. The number of para-hydroxylation sites is 3. The summed E-state index contributed by atoms with van der Waals surface area (Å²) < 4.78 is 9.66. The lowest BCUT2D eigenvalue weighted by Gasteiger charge is -2.15. The predicted octanol–water partition coefficient (Wildman–Crippen LogP) is 4.83. The SMILES string of the molecule is CN(N=N)C(=N)n1c(OCc2nc3ccccc3n2C)nc2c(-c3ccccc3)cccc21. The van der Waals surface area contributed by atoms with Crippen LogP contribution in [0.1, 0.15) is 5.82 Å². The fourth-order valence-electron chi connectivity index (χ4n) is 3.88. The van der Waals surface area contributed by atoms with Gasteiger partial charge < -0.3 is 9.30 Å². The Morgan fingerprint density at radius 1 is 0.970 bits per heavy atom. The van der Waals surface area contributed by atoms with Crippen molar-refractivity contribution in [2.45, 2.75) is 6.61 Å². The number of nitrogens with one attached hydrogen (secondary N) is 2. The third kappa shape index (κ3) is 3.49. The van der Waals surface area contributed by atoms with E-state index in [9.17, 15) is 0 Å². The molecule has 0 aliphatic carbocycles. The molecule has 0 aliphatic rings. The van der Waals surface area contributed by atoms with Crippen LogP contribution in [0.4, 0.5) is 0 Å². The number of aryl methyl sites for hydroxylation is 1. The van der Waals surface area contributed by atoms with Gasteiger partial charge in [0.2, 0.25) is 5.96 Å². The Hall–Kier alpha value is -4.53. The first kappa shape index (κ1) is 20.4. The molecule has 0 saturated carbocycles. The molecule has 2 N–H and O–H groups in total. The van der Waals surface area contributed by atoms with Crippen LogP contribution in [-0.4, -0.2) is 37.1 Å². The maximum atomic E-state index is 8.60. The fraction of sp³-hybridized carbons (Fsp3) is 0.125. The van der Waals surface area contributed by atoms with Crippen LogP contribution in [0.25, 0.3) is 33.2 Å². The fourth-order valence-corrected chi connectivity index (χ4v) is 3.88. The molecule has 2 aromatic heterocycles. The molecule has 9 nitrogen and oxygen atoms in total. The van der Waals surface area contributed by atoms with Gasteiger partial charge in [-0.2, -0.15) is 10.5 Å². The minimum atomic E-state index is -0.0438. The number of aromatic nitrogens is 4. The smallest absolute Gasteiger partial charge is 0.305 e. The molecule has 0 amide bonds. The summed E-state index contributed by atoms with van der Waals surface area (Å²) in [4.78, 5) is 9.42. The molecule has 0 spiro atoms. The van der Waals surface area contributed by atoms with Gasteiger partial charge in [-0.05, 0) is 23.8 Å². The average molecular weight is 438 g/mol. The van der Waals surface area contributed by atoms with E-state index in [1.807, 2.05) is 84.4 Å². The normalized spacial score (nSPS) is 11.1. The lowest BCUT2D eigenvalue weighted by atomic mass is 10.0. The van der Waals surface area contributed by atoms with Crippen LogP contribution in [0.15, 0.2) is 78.0 Å². The molecule has 164 valence electrons. The van der Waals surface area contributed by atoms with E-state index in [-0.39, 0.29) is 18.6 Å². The zero-order chi connectivity index (χ0) is 22.9. The minimum Gasteiger partial charge on any atom is -0.456 e. The molecule has 5 rings (SSSR count). The molecule has 0 atom stereocenters. The zero-order valence-corrected chi connectivity index (χ0v) is 18.2. The standard InChI is InChI=1S/C24H22N8O/c1-30-19-13-7-6-12-18(19)27-21(30)15-33-24-28-22-17(16-9-4-3-5-10-16)11-8-14-20(22)32(24)23(25)31(2)29-26/h3-14,25-26H,15H2,1-2H3. The number of benzene rings is 3. The summed E-state index contributed by atoms with van der Waals surface area (Å²) in [6, 6.07) is 23.9. The Bertz CT molecular complexity index is 1480. The number of fused-ring (bicyclic) bond motifs is 2. The number of ether oxygens (including phenoxy) is 1. The van der Waals surface area contributed by atoms with Gasteiger partial charge in [-0.3, -0.25) is 5.41 Å². The van der Waals surface area contributed by atoms with Crippen LogP contribution in [0, 0.1) is 10.9 Å². The Balaban J connectivity index is 1.61. The average Bonchev–Trinajstić information content (AvgIpc) is 3.39. The maximum Gasteiger partial charge on any atom is 0.305 e. The third-order valence-electron chi connectivity index (χ3n) is 5.62. The Kier molecular flexibility index (Phi) is 5.06. The van der Waals surface area contributed by atoms with Crippen molar-refractivity contribution in [2.75, 3.05) is 7.05 Å². The maximum absolute atomic E-state index is 8.60. The summed E-state index contributed by atoms with van der Waals surface area (Å²) in [5.74, 6) is 0.695. The molecule has 9 heteroatoms. The Labute approximate surface area is 189 Å². The van der Waals surface area contributed by atoms with Crippen LogP contribution in [0.3, 0.4) is 0 Å². The molecule has 0 saturated heterocycles. The number of imidazole rings is 2.